The summed E-state index contributed by atoms with van der Waals surface area (Å²) in [6, 6.07) is 7.02. The molecular weight excluding hydrogens is 357 g/mol. The number of anilines is 1. The fourth-order valence-corrected chi connectivity index (χ4v) is 2.34. The zero-order valence-corrected chi connectivity index (χ0v) is 13.8. The number of ether oxygens (including phenoxy) is 1. The van der Waals surface area contributed by atoms with Crippen molar-refractivity contribution in [2.45, 2.75) is 12.0 Å². The molecule has 25 heavy (non-hydrogen) atoms. The number of halogens is 4. The first kappa shape index (κ1) is 19.0. The van der Waals surface area contributed by atoms with Crippen molar-refractivity contribution >= 4 is 23.1 Å². The molecule has 134 valence electrons. The van der Waals surface area contributed by atoms with E-state index in [1.807, 2.05) is 0 Å². The molecule has 0 spiro atoms. The van der Waals surface area contributed by atoms with E-state index in [0.29, 0.717) is 5.02 Å². The van der Waals surface area contributed by atoms with E-state index in [2.05, 4.69) is 9.98 Å². The summed E-state index contributed by atoms with van der Waals surface area (Å²) in [5, 5.41) is 0.683. The van der Waals surface area contributed by atoms with Crippen LogP contribution in [0, 0.1) is 5.82 Å². The van der Waals surface area contributed by atoms with Crippen molar-refractivity contribution in [1.82, 2.24) is 4.98 Å². The number of nitrogen functional groups attached to an aromatic ring is 1. The fourth-order valence-electron chi connectivity index (χ4n) is 2.22. The second kappa shape index (κ2) is 8.17. The predicted octanol–water partition coefficient (Wildman–Crippen LogP) is 2.99. The fraction of sp³-hybridized carbons (Fsp3) is 0.250. The number of benzene rings is 1. The molecule has 0 amide bonds. The standard InChI is InChI=1S/C11H12F3N3O.C5H4ClN/c12-8-2-1-6(15)3-7(8)11(10(13)14)5-18-4-9(16)17-11;6-5-2-1-3-7-4-5/h1-3,10H,4-5,15H2,(H2,16,17);1-4H/t11-;/m0./s1. The van der Waals surface area contributed by atoms with Crippen LogP contribution in [-0.4, -0.2) is 30.5 Å². The number of nitrogens with two attached hydrogens (primary N) is 2. The third kappa shape index (κ3) is 4.61. The molecule has 1 atom stereocenters. The highest BCUT2D eigenvalue weighted by Crippen LogP contribution is 2.37. The van der Waals surface area contributed by atoms with Gasteiger partial charge < -0.3 is 16.2 Å². The Labute approximate surface area is 147 Å². The number of aliphatic imine (C=N–C) groups is 1. The maximum Gasteiger partial charge on any atom is 0.269 e. The minimum absolute atomic E-state index is 0.0432. The van der Waals surface area contributed by atoms with E-state index in [4.69, 9.17) is 27.8 Å². The molecule has 0 aliphatic carbocycles. The predicted molar refractivity (Wildman–Crippen MR) is 90.2 cm³/mol. The molecule has 9 heteroatoms. The van der Waals surface area contributed by atoms with E-state index in [1.165, 1.54) is 6.07 Å². The maximum absolute atomic E-state index is 13.7. The number of hydrogen-bond donors (Lipinski definition) is 2. The van der Waals surface area contributed by atoms with Gasteiger partial charge in [-0.15, -0.1) is 0 Å². The van der Waals surface area contributed by atoms with Gasteiger partial charge in [0, 0.05) is 23.6 Å². The lowest BCUT2D eigenvalue weighted by Gasteiger charge is -2.33. The summed E-state index contributed by atoms with van der Waals surface area (Å²) < 4.78 is 45.3. The van der Waals surface area contributed by atoms with Crippen molar-refractivity contribution < 1.29 is 17.9 Å². The highest BCUT2D eigenvalue weighted by Gasteiger charge is 2.46. The van der Waals surface area contributed by atoms with Crippen LogP contribution in [-0.2, 0) is 10.3 Å². The van der Waals surface area contributed by atoms with Gasteiger partial charge in [0.1, 0.15) is 18.3 Å². The van der Waals surface area contributed by atoms with E-state index in [1.54, 1.807) is 24.5 Å². The van der Waals surface area contributed by atoms with Gasteiger partial charge in [-0.3, -0.25) is 9.98 Å². The van der Waals surface area contributed by atoms with Crippen LogP contribution in [0.15, 0.2) is 47.7 Å². The molecule has 1 aromatic heterocycles. The van der Waals surface area contributed by atoms with E-state index >= 15 is 0 Å². The van der Waals surface area contributed by atoms with Gasteiger partial charge in [-0.2, -0.15) is 0 Å². The molecule has 2 aromatic rings. The monoisotopic (exact) mass is 372 g/mol. The maximum atomic E-state index is 13.7. The Balaban J connectivity index is 0.000000269. The molecule has 0 unspecified atom stereocenters. The Bertz CT molecular complexity index is 745. The van der Waals surface area contributed by atoms with E-state index in [0.717, 1.165) is 12.1 Å². The Hall–Kier alpha value is -2.32. The van der Waals surface area contributed by atoms with Crippen LogP contribution in [0.2, 0.25) is 5.02 Å². The summed E-state index contributed by atoms with van der Waals surface area (Å²) in [5.41, 5.74) is 8.65. The van der Waals surface area contributed by atoms with Crippen LogP contribution in [0.4, 0.5) is 18.9 Å². The average molecular weight is 373 g/mol. The molecular formula is C16H16ClF3N4O. The minimum atomic E-state index is -2.95. The van der Waals surface area contributed by atoms with Crippen molar-refractivity contribution in [3.05, 3.63) is 59.1 Å². The van der Waals surface area contributed by atoms with E-state index < -0.39 is 24.4 Å². The first-order chi connectivity index (χ1) is 11.8. The van der Waals surface area contributed by atoms with Gasteiger partial charge in [0.25, 0.3) is 6.43 Å². The summed E-state index contributed by atoms with van der Waals surface area (Å²) in [4.78, 5) is 7.46. The molecule has 0 fully saturated rings. The Morgan fingerprint density at radius 3 is 2.52 bits per heavy atom. The zero-order chi connectivity index (χ0) is 18.4. The number of amidine groups is 1. The highest BCUT2D eigenvalue weighted by molar-refractivity contribution is 6.30. The lowest BCUT2D eigenvalue weighted by molar-refractivity contribution is -0.0145. The topological polar surface area (TPSA) is 86.5 Å². The molecule has 1 aliphatic rings. The van der Waals surface area contributed by atoms with Gasteiger partial charge in [0.15, 0.2) is 5.54 Å². The van der Waals surface area contributed by atoms with Gasteiger partial charge in [-0.25, -0.2) is 13.2 Å². The van der Waals surface area contributed by atoms with Crippen molar-refractivity contribution in [2.24, 2.45) is 10.7 Å². The molecule has 2 heterocycles. The van der Waals surface area contributed by atoms with Gasteiger partial charge in [0.2, 0.25) is 0 Å². The summed E-state index contributed by atoms with van der Waals surface area (Å²) in [6.45, 7) is -0.482. The highest BCUT2D eigenvalue weighted by atomic mass is 35.5. The number of nitrogens with zero attached hydrogens (tertiary/aromatic N) is 2. The minimum Gasteiger partial charge on any atom is -0.399 e. The first-order valence-electron chi connectivity index (χ1n) is 7.16. The second-order valence-electron chi connectivity index (χ2n) is 5.23. The smallest absolute Gasteiger partial charge is 0.269 e. The van der Waals surface area contributed by atoms with E-state index in [-0.39, 0.29) is 23.7 Å². The van der Waals surface area contributed by atoms with Gasteiger partial charge >= 0.3 is 0 Å². The molecule has 3 rings (SSSR count). The third-order valence-corrected chi connectivity index (χ3v) is 3.58. The van der Waals surface area contributed by atoms with Crippen LogP contribution >= 0.6 is 11.6 Å². The van der Waals surface area contributed by atoms with Crippen molar-refractivity contribution in [3.8, 4) is 0 Å². The number of aromatic nitrogens is 1. The number of pyridine rings is 1. The Morgan fingerprint density at radius 2 is 2.00 bits per heavy atom. The van der Waals surface area contributed by atoms with Crippen LogP contribution in [0.5, 0.6) is 0 Å². The molecule has 0 saturated carbocycles. The lowest BCUT2D eigenvalue weighted by Crippen LogP contribution is -2.45. The second-order valence-corrected chi connectivity index (χ2v) is 5.67. The first-order valence-corrected chi connectivity index (χ1v) is 7.54. The molecule has 1 aromatic carbocycles. The van der Waals surface area contributed by atoms with Crippen LogP contribution in [0.25, 0.3) is 0 Å². The summed E-state index contributed by atoms with van der Waals surface area (Å²) in [7, 11) is 0. The summed E-state index contributed by atoms with van der Waals surface area (Å²) in [6.07, 6.45) is 0.334. The van der Waals surface area contributed by atoms with Gasteiger partial charge in [-0.05, 0) is 30.3 Å². The molecule has 5 nitrogen and oxygen atoms in total. The molecule has 4 N–H and O–H groups in total. The number of alkyl halides is 2. The molecule has 0 radical (unpaired) electrons. The Kier molecular flexibility index (Phi) is 6.22. The zero-order valence-electron chi connectivity index (χ0n) is 13.0. The van der Waals surface area contributed by atoms with Crippen LogP contribution in [0.3, 0.4) is 0 Å². The average Bonchev–Trinajstić information content (AvgIpc) is 2.58. The third-order valence-electron chi connectivity index (χ3n) is 3.36. The lowest BCUT2D eigenvalue weighted by atomic mass is 9.90. The molecule has 0 saturated heterocycles. The number of rotatable bonds is 2. The van der Waals surface area contributed by atoms with Gasteiger partial charge in [-0.1, -0.05) is 11.6 Å². The van der Waals surface area contributed by atoms with Gasteiger partial charge in [0.05, 0.1) is 11.6 Å². The summed E-state index contributed by atoms with van der Waals surface area (Å²) in [5.74, 6) is -0.907. The SMILES string of the molecule is Clc1cccnc1.NC1=N[C@@](c2cc(N)ccc2F)(C(F)F)COC1. The van der Waals surface area contributed by atoms with Crippen LogP contribution in [0.1, 0.15) is 5.56 Å². The van der Waals surface area contributed by atoms with Crippen molar-refractivity contribution in [3.63, 3.8) is 0 Å². The van der Waals surface area contributed by atoms with Crippen molar-refractivity contribution in [2.75, 3.05) is 18.9 Å². The normalized spacial score (nSPS) is 19.8. The quantitative estimate of drug-likeness (QED) is 0.793. The Morgan fingerprint density at radius 1 is 1.24 bits per heavy atom. The molecule has 1 aliphatic heterocycles. The van der Waals surface area contributed by atoms with Crippen molar-refractivity contribution in [1.29, 1.82) is 0 Å². The molecule has 0 bridgehead atoms. The van der Waals surface area contributed by atoms with E-state index in [9.17, 15) is 13.2 Å². The number of hydrogen-bond acceptors (Lipinski definition) is 5. The van der Waals surface area contributed by atoms with Crippen LogP contribution < -0.4 is 11.5 Å². The largest absolute Gasteiger partial charge is 0.399 e. The summed E-state index contributed by atoms with van der Waals surface area (Å²) >= 11 is 5.48.